The molecule has 2 aromatic rings. The Labute approximate surface area is 199 Å². The maximum Gasteiger partial charge on any atom is 0.239 e. The second-order valence-corrected chi connectivity index (χ2v) is 8.69. The van der Waals surface area contributed by atoms with Gasteiger partial charge in [0.05, 0.1) is 32.4 Å². The highest BCUT2D eigenvalue weighted by atomic mass is 16.6. The second-order valence-electron chi connectivity index (χ2n) is 8.69. The minimum Gasteiger partial charge on any atom is -0.497 e. The van der Waals surface area contributed by atoms with Gasteiger partial charge in [-0.1, -0.05) is 42.5 Å². The van der Waals surface area contributed by atoms with E-state index in [-0.39, 0.29) is 12.2 Å². The summed E-state index contributed by atoms with van der Waals surface area (Å²) in [6.45, 7) is 1.51. The molecule has 1 aliphatic heterocycles. The number of carbonyl (C=O) groups excluding carboxylic acids is 2. The molecule has 1 aliphatic rings. The highest BCUT2D eigenvalue weighted by molar-refractivity contribution is 5.94. The average molecular weight is 472 g/mol. The molecule has 3 rings (SSSR count). The number of carbonyl (C=O) groups is 2. The van der Waals surface area contributed by atoms with E-state index in [1.54, 1.807) is 26.2 Å². The summed E-state index contributed by atoms with van der Waals surface area (Å²) in [5.74, 6) is -0.0983. The van der Waals surface area contributed by atoms with E-state index in [9.17, 15) is 19.8 Å². The van der Waals surface area contributed by atoms with Crippen LogP contribution in [0.3, 0.4) is 0 Å². The van der Waals surface area contributed by atoms with E-state index < -0.39 is 42.5 Å². The Morgan fingerprint density at radius 3 is 2.29 bits per heavy atom. The molecule has 9 nitrogen and oxygen atoms in total. The fraction of sp³-hybridized carbons (Fsp3) is 0.440. The monoisotopic (exact) mass is 471 g/mol. The molecule has 5 atom stereocenters. The van der Waals surface area contributed by atoms with Gasteiger partial charge in [-0.15, -0.1) is 0 Å². The normalized spacial score (nSPS) is 20.6. The van der Waals surface area contributed by atoms with Crippen LogP contribution in [0.1, 0.15) is 18.1 Å². The highest BCUT2D eigenvalue weighted by Crippen LogP contribution is 2.29. The molecule has 0 aromatic heterocycles. The predicted octanol–water partition coefficient (Wildman–Crippen LogP) is -0.0806. The summed E-state index contributed by atoms with van der Waals surface area (Å²) >= 11 is 0. The van der Waals surface area contributed by atoms with Gasteiger partial charge in [0.1, 0.15) is 23.6 Å². The van der Waals surface area contributed by atoms with Crippen LogP contribution in [0.4, 0.5) is 0 Å². The predicted molar refractivity (Wildman–Crippen MR) is 126 cm³/mol. The van der Waals surface area contributed by atoms with Crippen molar-refractivity contribution in [3.63, 3.8) is 0 Å². The Morgan fingerprint density at radius 2 is 1.74 bits per heavy atom. The van der Waals surface area contributed by atoms with E-state index in [1.807, 2.05) is 42.5 Å². The average Bonchev–Trinajstić information content (AvgIpc) is 3.61. The first kappa shape index (κ1) is 25.8. The van der Waals surface area contributed by atoms with E-state index in [2.05, 4.69) is 10.6 Å². The summed E-state index contributed by atoms with van der Waals surface area (Å²) in [5.41, 5.74) is 6.52. The number of hydrogen-bond donors (Lipinski definition) is 5. The Morgan fingerprint density at radius 1 is 1.12 bits per heavy atom. The zero-order chi connectivity index (χ0) is 24.7. The molecule has 1 saturated heterocycles. The lowest BCUT2D eigenvalue weighted by molar-refractivity contribution is -0.127. The Kier molecular flexibility index (Phi) is 8.76. The number of nitrogens with two attached hydrogens (primary N) is 1. The van der Waals surface area contributed by atoms with Crippen molar-refractivity contribution < 1.29 is 29.3 Å². The summed E-state index contributed by atoms with van der Waals surface area (Å²) in [6.07, 6.45) is -0.686. The molecule has 34 heavy (non-hydrogen) atoms. The lowest BCUT2D eigenvalue weighted by atomic mass is 9.94. The molecule has 1 unspecified atom stereocenters. The third-order valence-corrected chi connectivity index (χ3v) is 5.93. The van der Waals surface area contributed by atoms with E-state index >= 15 is 0 Å². The standard InChI is InChI=1S/C25H33N3O6/c1-25(15-34-25)22(30)20(12-16-6-4-3-5-7-16)27-24(32)21(28-23(31)19(26)14-29)13-17-8-10-18(33-2)11-9-17/h3-11,19-21,24,27,29,32H,12-15,26H2,1-2H3,(H,28,31)/t19-,20-,21-,24?,25+/m0/s1. The van der Waals surface area contributed by atoms with Gasteiger partial charge in [0.2, 0.25) is 5.91 Å². The lowest BCUT2D eigenvalue weighted by Crippen LogP contribution is -2.59. The summed E-state index contributed by atoms with van der Waals surface area (Å²) in [5, 5.41) is 26.1. The fourth-order valence-corrected chi connectivity index (χ4v) is 3.65. The topological polar surface area (TPSA) is 146 Å². The molecule has 0 radical (unpaired) electrons. The third-order valence-electron chi connectivity index (χ3n) is 5.93. The van der Waals surface area contributed by atoms with Crippen molar-refractivity contribution in [2.45, 2.75) is 49.7 Å². The van der Waals surface area contributed by atoms with Crippen molar-refractivity contribution in [2.24, 2.45) is 5.73 Å². The lowest BCUT2D eigenvalue weighted by Gasteiger charge is -2.30. The fourth-order valence-electron chi connectivity index (χ4n) is 3.65. The first-order valence-electron chi connectivity index (χ1n) is 11.2. The van der Waals surface area contributed by atoms with E-state index in [1.165, 1.54) is 0 Å². The minimum atomic E-state index is -1.28. The number of methoxy groups -OCH3 is 1. The number of ketones is 1. The van der Waals surface area contributed by atoms with E-state index in [4.69, 9.17) is 15.2 Å². The first-order chi connectivity index (χ1) is 16.3. The molecular formula is C25H33N3O6. The maximum atomic E-state index is 13.1. The molecule has 0 saturated carbocycles. The van der Waals surface area contributed by atoms with Crippen LogP contribution in [0.15, 0.2) is 54.6 Å². The van der Waals surface area contributed by atoms with Gasteiger partial charge in [-0.05, 0) is 43.0 Å². The SMILES string of the molecule is COc1ccc(C[C@H](NC(=O)[C@@H](N)CO)C(O)N[C@@H](Cc2ccccc2)C(=O)[C@@]2(C)CO2)cc1. The summed E-state index contributed by atoms with van der Waals surface area (Å²) in [6, 6.07) is 14.0. The number of ether oxygens (including phenoxy) is 2. The Balaban J connectivity index is 1.79. The molecule has 184 valence electrons. The quantitative estimate of drug-likeness (QED) is 0.201. The number of aliphatic hydroxyl groups is 2. The van der Waals surface area contributed by atoms with Crippen LogP contribution < -0.4 is 21.1 Å². The second kappa shape index (κ2) is 11.5. The molecule has 1 amide bonds. The van der Waals surface area contributed by atoms with Gasteiger partial charge in [-0.25, -0.2) is 0 Å². The van der Waals surface area contributed by atoms with Gasteiger partial charge >= 0.3 is 0 Å². The molecule has 9 heteroatoms. The number of nitrogens with one attached hydrogen (secondary N) is 2. The summed E-state index contributed by atoms with van der Waals surface area (Å²) in [4.78, 5) is 25.6. The van der Waals surface area contributed by atoms with Crippen LogP contribution in [0.5, 0.6) is 5.75 Å². The van der Waals surface area contributed by atoms with Crippen LogP contribution in [0.25, 0.3) is 0 Å². The molecule has 6 N–H and O–H groups in total. The number of Topliss-reactive ketones (excluding diaryl/α,β-unsaturated/α-hetero) is 1. The van der Waals surface area contributed by atoms with Crippen molar-refractivity contribution in [2.75, 3.05) is 20.3 Å². The Hall–Kier alpha value is -2.82. The zero-order valence-electron chi connectivity index (χ0n) is 19.4. The number of epoxide rings is 1. The van der Waals surface area contributed by atoms with Gasteiger partial charge < -0.3 is 30.7 Å². The van der Waals surface area contributed by atoms with Crippen LogP contribution in [-0.4, -0.2) is 72.2 Å². The van der Waals surface area contributed by atoms with Crippen molar-refractivity contribution in [3.05, 3.63) is 65.7 Å². The molecule has 1 fully saturated rings. The third kappa shape index (κ3) is 6.85. The number of benzene rings is 2. The Bertz CT molecular complexity index is 949. The van der Waals surface area contributed by atoms with Gasteiger partial charge in [0.15, 0.2) is 5.78 Å². The van der Waals surface area contributed by atoms with E-state index in [0.717, 1.165) is 11.1 Å². The molecule has 0 aliphatic carbocycles. The van der Waals surface area contributed by atoms with E-state index in [0.29, 0.717) is 18.8 Å². The first-order valence-corrected chi connectivity index (χ1v) is 11.2. The number of aliphatic hydroxyl groups excluding tert-OH is 2. The highest BCUT2D eigenvalue weighted by Gasteiger charge is 2.50. The molecule has 0 spiro atoms. The molecule has 0 bridgehead atoms. The van der Waals surface area contributed by atoms with Crippen LogP contribution in [0, 0.1) is 0 Å². The zero-order valence-corrected chi connectivity index (χ0v) is 19.4. The largest absolute Gasteiger partial charge is 0.497 e. The van der Waals surface area contributed by atoms with Gasteiger partial charge in [-0.2, -0.15) is 0 Å². The van der Waals surface area contributed by atoms with Crippen LogP contribution >= 0.6 is 0 Å². The van der Waals surface area contributed by atoms with Crippen molar-refractivity contribution in [3.8, 4) is 5.75 Å². The summed E-state index contributed by atoms with van der Waals surface area (Å²) < 4.78 is 10.5. The molecular weight excluding hydrogens is 438 g/mol. The molecule has 2 aromatic carbocycles. The number of rotatable bonds is 13. The van der Waals surface area contributed by atoms with Crippen molar-refractivity contribution >= 4 is 11.7 Å². The van der Waals surface area contributed by atoms with Crippen molar-refractivity contribution in [1.29, 1.82) is 0 Å². The minimum absolute atomic E-state index is 0.169. The van der Waals surface area contributed by atoms with Crippen molar-refractivity contribution in [1.82, 2.24) is 10.6 Å². The van der Waals surface area contributed by atoms with Gasteiger partial charge in [-0.3, -0.25) is 14.9 Å². The maximum absolute atomic E-state index is 13.1. The number of hydrogen-bond acceptors (Lipinski definition) is 8. The van der Waals surface area contributed by atoms with Gasteiger partial charge in [0.25, 0.3) is 0 Å². The number of amides is 1. The smallest absolute Gasteiger partial charge is 0.239 e. The summed E-state index contributed by atoms with van der Waals surface area (Å²) in [7, 11) is 1.57. The van der Waals surface area contributed by atoms with Gasteiger partial charge in [0, 0.05) is 0 Å². The van der Waals surface area contributed by atoms with Crippen LogP contribution in [-0.2, 0) is 27.2 Å². The van der Waals surface area contributed by atoms with Crippen LogP contribution in [0.2, 0.25) is 0 Å². The molecule has 1 heterocycles.